The molecule has 1 aliphatic carbocycles. The highest BCUT2D eigenvalue weighted by molar-refractivity contribution is 4.91. The van der Waals surface area contributed by atoms with E-state index in [1.807, 2.05) is 0 Å². The van der Waals surface area contributed by atoms with Crippen molar-refractivity contribution in [3.63, 3.8) is 0 Å². The molecular formula is C10H19F2N. The first-order chi connectivity index (χ1) is 5.96. The van der Waals surface area contributed by atoms with Gasteiger partial charge in [0.05, 0.1) is 0 Å². The maximum atomic E-state index is 12.1. The molecule has 2 atom stereocenters. The molecule has 0 bridgehead atoms. The molecule has 0 aromatic rings. The van der Waals surface area contributed by atoms with Crippen LogP contribution in [0, 0.1) is 11.8 Å². The summed E-state index contributed by atoms with van der Waals surface area (Å²) in [5.74, 6) is -0.119. The number of halogens is 2. The lowest BCUT2D eigenvalue weighted by Gasteiger charge is -2.24. The molecule has 1 aliphatic rings. The molecule has 1 rings (SSSR count). The van der Waals surface area contributed by atoms with Crippen molar-refractivity contribution in [2.24, 2.45) is 11.8 Å². The Labute approximate surface area is 78.9 Å². The topological polar surface area (TPSA) is 12.0 Å². The van der Waals surface area contributed by atoms with Gasteiger partial charge in [-0.05, 0) is 39.2 Å². The Morgan fingerprint density at radius 2 is 2.08 bits per heavy atom. The first kappa shape index (κ1) is 10.9. The Balaban J connectivity index is 2.15. The lowest BCUT2D eigenvalue weighted by molar-refractivity contribution is 0.115. The van der Waals surface area contributed by atoms with Crippen molar-refractivity contribution in [3.8, 4) is 0 Å². The molecular weight excluding hydrogens is 172 g/mol. The zero-order valence-corrected chi connectivity index (χ0v) is 8.61. The first-order valence-corrected chi connectivity index (χ1v) is 4.99. The van der Waals surface area contributed by atoms with Gasteiger partial charge in [-0.1, -0.05) is 6.92 Å². The second kappa shape index (κ2) is 3.91. The minimum absolute atomic E-state index is 0.0925. The SMILES string of the molecule is CCC(C)(C)NCC1CC1C(F)F. The summed E-state index contributed by atoms with van der Waals surface area (Å²) in [5, 5.41) is 3.32. The average Bonchev–Trinajstić information content (AvgIpc) is 2.80. The highest BCUT2D eigenvalue weighted by Gasteiger charge is 2.43. The van der Waals surface area contributed by atoms with Crippen LogP contribution in [0.1, 0.15) is 33.6 Å². The van der Waals surface area contributed by atoms with E-state index in [-0.39, 0.29) is 17.4 Å². The minimum Gasteiger partial charge on any atom is -0.312 e. The Hall–Kier alpha value is -0.180. The molecule has 0 saturated heterocycles. The predicted octanol–water partition coefficient (Wildman–Crippen LogP) is 2.67. The molecule has 1 fully saturated rings. The van der Waals surface area contributed by atoms with E-state index in [1.54, 1.807) is 0 Å². The van der Waals surface area contributed by atoms with E-state index in [0.29, 0.717) is 6.42 Å². The van der Waals surface area contributed by atoms with Gasteiger partial charge in [0.25, 0.3) is 0 Å². The van der Waals surface area contributed by atoms with Crippen LogP contribution in [0.5, 0.6) is 0 Å². The summed E-state index contributed by atoms with van der Waals surface area (Å²) in [4.78, 5) is 0. The number of hydrogen-bond acceptors (Lipinski definition) is 1. The molecule has 0 aromatic carbocycles. The summed E-state index contributed by atoms with van der Waals surface area (Å²) in [7, 11) is 0. The Morgan fingerprint density at radius 1 is 1.46 bits per heavy atom. The molecule has 0 spiro atoms. The van der Waals surface area contributed by atoms with Gasteiger partial charge >= 0.3 is 0 Å². The van der Waals surface area contributed by atoms with Crippen LogP contribution in [-0.2, 0) is 0 Å². The Bertz CT molecular complexity index is 168. The van der Waals surface area contributed by atoms with Gasteiger partial charge in [-0.25, -0.2) is 8.78 Å². The van der Waals surface area contributed by atoms with Crippen LogP contribution in [0.4, 0.5) is 8.78 Å². The number of nitrogens with one attached hydrogen (secondary N) is 1. The summed E-state index contributed by atoms with van der Waals surface area (Å²) < 4.78 is 24.3. The number of alkyl halides is 2. The standard InChI is InChI=1S/C10H19F2N/c1-4-10(2,3)13-6-7-5-8(7)9(11)12/h7-9,13H,4-6H2,1-3H3. The van der Waals surface area contributed by atoms with Gasteiger partial charge in [0.2, 0.25) is 6.43 Å². The molecule has 3 heteroatoms. The van der Waals surface area contributed by atoms with Crippen molar-refractivity contribution in [1.82, 2.24) is 5.32 Å². The number of hydrogen-bond donors (Lipinski definition) is 1. The van der Waals surface area contributed by atoms with Gasteiger partial charge in [0, 0.05) is 11.5 Å². The quantitative estimate of drug-likeness (QED) is 0.704. The average molecular weight is 191 g/mol. The van der Waals surface area contributed by atoms with Crippen LogP contribution in [-0.4, -0.2) is 18.5 Å². The van der Waals surface area contributed by atoms with Crippen molar-refractivity contribution in [2.45, 2.75) is 45.6 Å². The number of rotatable bonds is 5. The van der Waals surface area contributed by atoms with E-state index in [4.69, 9.17) is 0 Å². The molecule has 0 aromatic heterocycles. The fraction of sp³-hybridized carbons (Fsp3) is 1.00. The smallest absolute Gasteiger partial charge is 0.241 e. The molecule has 13 heavy (non-hydrogen) atoms. The predicted molar refractivity (Wildman–Crippen MR) is 50.0 cm³/mol. The molecule has 0 amide bonds. The highest BCUT2D eigenvalue weighted by atomic mass is 19.3. The van der Waals surface area contributed by atoms with Gasteiger partial charge in [-0.3, -0.25) is 0 Å². The van der Waals surface area contributed by atoms with E-state index >= 15 is 0 Å². The van der Waals surface area contributed by atoms with Gasteiger partial charge in [-0.15, -0.1) is 0 Å². The molecule has 1 N–H and O–H groups in total. The molecule has 0 heterocycles. The fourth-order valence-corrected chi connectivity index (χ4v) is 1.35. The molecule has 1 nitrogen and oxygen atoms in total. The fourth-order valence-electron chi connectivity index (χ4n) is 1.35. The third kappa shape index (κ3) is 3.22. The third-order valence-electron chi connectivity index (χ3n) is 3.03. The van der Waals surface area contributed by atoms with E-state index in [1.165, 1.54) is 0 Å². The largest absolute Gasteiger partial charge is 0.312 e. The molecule has 1 saturated carbocycles. The summed E-state index contributed by atoms with van der Waals surface area (Å²) in [6.45, 7) is 7.06. The molecule has 0 aliphatic heterocycles. The second-order valence-electron chi connectivity index (χ2n) is 4.61. The maximum Gasteiger partial charge on any atom is 0.241 e. The summed E-state index contributed by atoms with van der Waals surface area (Å²) in [5.41, 5.74) is 0.0925. The highest BCUT2D eigenvalue weighted by Crippen LogP contribution is 2.42. The van der Waals surface area contributed by atoms with E-state index in [9.17, 15) is 8.78 Å². The van der Waals surface area contributed by atoms with Gasteiger partial charge in [-0.2, -0.15) is 0 Å². The van der Waals surface area contributed by atoms with E-state index < -0.39 is 6.43 Å². The van der Waals surface area contributed by atoms with Crippen molar-refractivity contribution in [3.05, 3.63) is 0 Å². The maximum absolute atomic E-state index is 12.1. The Kier molecular flexibility index (Phi) is 3.28. The normalized spacial score (nSPS) is 28.2. The summed E-state index contributed by atoms with van der Waals surface area (Å²) >= 11 is 0. The second-order valence-corrected chi connectivity index (χ2v) is 4.61. The van der Waals surface area contributed by atoms with Crippen LogP contribution >= 0.6 is 0 Å². The third-order valence-corrected chi connectivity index (χ3v) is 3.03. The molecule has 2 unspecified atom stereocenters. The van der Waals surface area contributed by atoms with Crippen molar-refractivity contribution in [2.75, 3.05) is 6.54 Å². The summed E-state index contributed by atoms with van der Waals surface area (Å²) in [6.07, 6.45) is -0.389. The van der Waals surface area contributed by atoms with Crippen molar-refractivity contribution >= 4 is 0 Å². The van der Waals surface area contributed by atoms with Crippen LogP contribution in [0.2, 0.25) is 0 Å². The van der Waals surface area contributed by atoms with Crippen LogP contribution < -0.4 is 5.32 Å². The molecule has 78 valence electrons. The van der Waals surface area contributed by atoms with E-state index in [2.05, 4.69) is 26.1 Å². The van der Waals surface area contributed by atoms with E-state index in [0.717, 1.165) is 13.0 Å². The van der Waals surface area contributed by atoms with Crippen LogP contribution in [0.3, 0.4) is 0 Å². The zero-order chi connectivity index (χ0) is 10.1. The zero-order valence-electron chi connectivity index (χ0n) is 8.61. The van der Waals surface area contributed by atoms with Crippen molar-refractivity contribution in [1.29, 1.82) is 0 Å². The lowest BCUT2D eigenvalue weighted by Crippen LogP contribution is -2.39. The monoisotopic (exact) mass is 191 g/mol. The minimum atomic E-state index is -2.11. The summed E-state index contributed by atoms with van der Waals surface area (Å²) in [6, 6.07) is 0. The van der Waals surface area contributed by atoms with Crippen LogP contribution in [0.25, 0.3) is 0 Å². The van der Waals surface area contributed by atoms with Gasteiger partial charge in [0.1, 0.15) is 0 Å². The van der Waals surface area contributed by atoms with Gasteiger partial charge < -0.3 is 5.32 Å². The molecule has 0 radical (unpaired) electrons. The lowest BCUT2D eigenvalue weighted by atomic mass is 10.0. The first-order valence-electron chi connectivity index (χ1n) is 4.99. The Morgan fingerprint density at radius 3 is 2.46 bits per heavy atom. The van der Waals surface area contributed by atoms with Crippen LogP contribution in [0.15, 0.2) is 0 Å². The van der Waals surface area contributed by atoms with Crippen molar-refractivity contribution < 1.29 is 8.78 Å². The van der Waals surface area contributed by atoms with Gasteiger partial charge in [0.15, 0.2) is 0 Å².